The summed E-state index contributed by atoms with van der Waals surface area (Å²) in [5.41, 5.74) is 2.42. The third kappa shape index (κ3) is 4.53. The van der Waals surface area contributed by atoms with Gasteiger partial charge in [-0.15, -0.1) is 10.2 Å². The Morgan fingerprint density at radius 1 is 1.26 bits per heavy atom. The Morgan fingerprint density at radius 3 is 2.70 bits per heavy atom. The van der Waals surface area contributed by atoms with Gasteiger partial charge in [0.1, 0.15) is 5.75 Å². The number of hydrogen-bond donors (Lipinski definition) is 2. The molecular weight excluding hydrogens is 386 g/mol. The van der Waals surface area contributed by atoms with Crippen LogP contribution in [0.1, 0.15) is 5.56 Å². The van der Waals surface area contributed by atoms with Gasteiger partial charge in [-0.1, -0.05) is 29.4 Å². The maximum Gasteiger partial charge on any atom is 0.234 e. The number of amides is 1. The average molecular weight is 404 g/mol. The molecule has 0 aliphatic heterocycles. The summed E-state index contributed by atoms with van der Waals surface area (Å²) >= 11 is 7.17. The molecule has 140 valence electrons. The van der Waals surface area contributed by atoms with Gasteiger partial charge in [0.05, 0.1) is 12.9 Å². The highest BCUT2D eigenvalue weighted by Crippen LogP contribution is 2.24. The molecule has 3 N–H and O–H groups in total. The number of nitrogens with one attached hydrogen (secondary N) is 1. The minimum Gasteiger partial charge on any atom is -0.497 e. The van der Waals surface area contributed by atoms with Crippen molar-refractivity contribution in [1.29, 1.82) is 0 Å². The molecule has 0 unspecified atom stereocenters. The first kappa shape index (κ1) is 19.1. The number of aromatic nitrogens is 3. The van der Waals surface area contributed by atoms with Gasteiger partial charge in [-0.25, -0.2) is 4.68 Å². The van der Waals surface area contributed by atoms with E-state index in [0.717, 1.165) is 16.9 Å². The lowest BCUT2D eigenvalue weighted by molar-refractivity contribution is -0.113. The van der Waals surface area contributed by atoms with Crippen molar-refractivity contribution in [3.63, 3.8) is 0 Å². The van der Waals surface area contributed by atoms with E-state index in [1.807, 2.05) is 37.3 Å². The third-order valence-electron chi connectivity index (χ3n) is 3.82. The molecule has 1 amide bonds. The molecule has 0 saturated heterocycles. The summed E-state index contributed by atoms with van der Waals surface area (Å²) in [5, 5.41) is 12.0. The van der Waals surface area contributed by atoms with Crippen molar-refractivity contribution in [1.82, 2.24) is 14.9 Å². The van der Waals surface area contributed by atoms with Crippen LogP contribution in [0.3, 0.4) is 0 Å². The van der Waals surface area contributed by atoms with Gasteiger partial charge in [-0.3, -0.25) is 4.79 Å². The van der Waals surface area contributed by atoms with E-state index in [2.05, 4.69) is 15.5 Å². The second-order valence-corrected chi connectivity index (χ2v) is 7.08. The van der Waals surface area contributed by atoms with Crippen LogP contribution in [0.5, 0.6) is 5.75 Å². The molecule has 0 saturated carbocycles. The van der Waals surface area contributed by atoms with E-state index in [4.69, 9.17) is 22.2 Å². The zero-order chi connectivity index (χ0) is 19.4. The number of carbonyl (C=O) groups excluding carboxylic acids is 1. The van der Waals surface area contributed by atoms with Gasteiger partial charge in [-0.05, 0) is 48.9 Å². The van der Waals surface area contributed by atoms with Crippen molar-refractivity contribution >= 4 is 35.0 Å². The number of anilines is 1. The van der Waals surface area contributed by atoms with E-state index >= 15 is 0 Å². The van der Waals surface area contributed by atoms with Gasteiger partial charge in [0.15, 0.2) is 5.82 Å². The topological polar surface area (TPSA) is 95.1 Å². The second-order valence-electron chi connectivity index (χ2n) is 5.70. The predicted octanol–water partition coefficient (Wildman–Crippen LogP) is 3.36. The zero-order valence-electron chi connectivity index (χ0n) is 14.8. The standard InChI is InChI=1S/C18H18ClN5O2S/c1-11-3-6-13(19)9-15(11)21-16(25)10-27-18-23-22-17(24(18)20)12-4-7-14(26-2)8-5-12/h3-9H,10,20H2,1-2H3,(H,21,25). The van der Waals surface area contributed by atoms with Crippen molar-refractivity contribution < 1.29 is 9.53 Å². The zero-order valence-corrected chi connectivity index (χ0v) is 16.3. The van der Waals surface area contributed by atoms with E-state index in [1.54, 1.807) is 19.2 Å². The number of hydrogen-bond acceptors (Lipinski definition) is 6. The molecule has 0 fully saturated rings. The number of nitrogens with two attached hydrogens (primary N) is 1. The summed E-state index contributed by atoms with van der Waals surface area (Å²) in [6.07, 6.45) is 0. The van der Waals surface area contributed by atoms with Gasteiger partial charge in [0.25, 0.3) is 0 Å². The summed E-state index contributed by atoms with van der Waals surface area (Å²) in [4.78, 5) is 12.2. The van der Waals surface area contributed by atoms with Gasteiger partial charge in [0, 0.05) is 16.3 Å². The first-order chi connectivity index (χ1) is 13.0. The van der Waals surface area contributed by atoms with Crippen LogP contribution in [-0.2, 0) is 4.79 Å². The monoisotopic (exact) mass is 403 g/mol. The smallest absolute Gasteiger partial charge is 0.234 e. The summed E-state index contributed by atoms with van der Waals surface area (Å²) < 4.78 is 6.50. The van der Waals surface area contributed by atoms with Crippen LogP contribution in [-0.4, -0.2) is 33.6 Å². The van der Waals surface area contributed by atoms with E-state index in [0.29, 0.717) is 21.7 Å². The van der Waals surface area contributed by atoms with Crippen LogP contribution in [0, 0.1) is 6.92 Å². The van der Waals surface area contributed by atoms with Crippen LogP contribution in [0.2, 0.25) is 5.02 Å². The maximum absolute atomic E-state index is 12.2. The van der Waals surface area contributed by atoms with Gasteiger partial charge < -0.3 is 15.9 Å². The quantitative estimate of drug-likeness (QED) is 0.484. The fourth-order valence-corrected chi connectivity index (χ4v) is 3.19. The lowest BCUT2D eigenvalue weighted by Crippen LogP contribution is -2.17. The van der Waals surface area contributed by atoms with E-state index < -0.39 is 0 Å². The van der Waals surface area contributed by atoms with E-state index in [-0.39, 0.29) is 11.7 Å². The molecule has 9 heteroatoms. The van der Waals surface area contributed by atoms with Crippen molar-refractivity contribution in [2.45, 2.75) is 12.1 Å². The minimum absolute atomic E-state index is 0.143. The van der Waals surface area contributed by atoms with E-state index in [9.17, 15) is 4.79 Å². The van der Waals surface area contributed by atoms with Crippen molar-refractivity contribution in [3.05, 3.63) is 53.1 Å². The largest absolute Gasteiger partial charge is 0.497 e. The van der Waals surface area contributed by atoms with Gasteiger partial charge in [0.2, 0.25) is 11.1 Å². The second kappa shape index (κ2) is 8.32. The molecule has 27 heavy (non-hydrogen) atoms. The number of rotatable bonds is 6. The Balaban J connectivity index is 1.65. The van der Waals surface area contributed by atoms with Crippen LogP contribution in [0.4, 0.5) is 5.69 Å². The lowest BCUT2D eigenvalue weighted by Gasteiger charge is -2.08. The molecule has 0 atom stereocenters. The molecule has 0 radical (unpaired) electrons. The summed E-state index contributed by atoms with van der Waals surface area (Å²) in [6, 6.07) is 12.7. The molecule has 0 bridgehead atoms. The Morgan fingerprint density at radius 2 is 2.00 bits per heavy atom. The number of thioether (sulfide) groups is 1. The number of ether oxygens (including phenoxy) is 1. The fraction of sp³-hybridized carbons (Fsp3) is 0.167. The first-order valence-corrected chi connectivity index (χ1v) is 9.38. The van der Waals surface area contributed by atoms with Crippen molar-refractivity contribution in [2.75, 3.05) is 24.0 Å². The summed E-state index contributed by atoms with van der Waals surface area (Å²) in [5.74, 6) is 7.29. The minimum atomic E-state index is -0.181. The normalized spacial score (nSPS) is 10.6. The van der Waals surface area contributed by atoms with Crippen molar-refractivity contribution in [3.8, 4) is 17.1 Å². The Bertz CT molecular complexity index is 959. The third-order valence-corrected chi connectivity index (χ3v) is 5.00. The fourth-order valence-electron chi connectivity index (χ4n) is 2.36. The van der Waals surface area contributed by atoms with Crippen LogP contribution in [0.25, 0.3) is 11.4 Å². The molecule has 0 aliphatic rings. The average Bonchev–Trinajstić information content (AvgIpc) is 3.03. The van der Waals surface area contributed by atoms with Crippen LogP contribution >= 0.6 is 23.4 Å². The Kier molecular flexibility index (Phi) is 5.88. The lowest BCUT2D eigenvalue weighted by atomic mass is 10.2. The molecule has 3 rings (SSSR count). The summed E-state index contributed by atoms with van der Waals surface area (Å²) in [6.45, 7) is 1.90. The first-order valence-electron chi connectivity index (χ1n) is 8.01. The van der Waals surface area contributed by atoms with Crippen molar-refractivity contribution in [2.24, 2.45) is 0 Å². The van der Waals surface area contributed by atoms with E-state index in [1.165, 1.54) is 16.4 Å². The molecule has 1 aromatic heterocycles. The number of halogens is 1. The number of methoxy groups -OCH3 is 1. The van der Waals surface area contributed by atoms with Crippen LogP contribution in [0.15, 0.2) is 47.6 Å². The molecule has 3 aromatic rings. The molecular formula is C18H18ClN5O2S. The van der Waals surface area contributed by atoms with Gasteiger partial charge in [-0.2, -0.15) is 0 Å². The number of nitrogen functional groups attached to an aromatic ring is 1. The highest BCUT2D eigenvalue weighted by Gasteiger charge is 2.14. The Hall–Kier alpha value is -2.71. The number of carbonyl (C=O) groups is 1. The molecule has 1 heterocycles. The number of aryl methyl sites for hydroxylation is 1. The number of benzene rings is 2. The maximum atomic E-state index is 12.2. The van der Waals surface area contributed by atoms with Gasteiger partial charge >= 0.3 is 0 Å². The highest BCUT2D eigenvalue weighted by molar-refractivity contribution is 7.99. The molecule has 2 aromatic carbocycles. The highest BCUT2D eigenvalue weighted by atomic mass is 35.5. The molecule has 7 nitrogen and oxygen atoms in total. The SMILES string of the molecule is COc1ccc(-c2nnc(SCC(=O)Nc3cc(Cl)ccc3C)n2N)cc1. The number of nitrogens with zero attached hydrogens (tertiary/aromatic N) is 3. The predicted molar refractivity (Wildman–Crippen MR) is 108 cm³/mol. The molecule has 0 spiro atoms. The molecule has 0 aliphatic carbocycles. The Labute approximate surface area is 165 Å². The summed E-state index contributed by atoms with van der Waals surface area (Å²) in [7, 11) is 1.60. The van der Waals surface area contributed by atoms with Crippen LogP contribution < -0.4 is 15.9 Å².